The molecule has 58 valence electrons. The van der Waals surface area contributed by atoms with Crippen LogP contribution in [0.3, 0.4) is 0 Å². The summed E-state index contributed by atoms with van der Waals surface area (Å²) in [4.78, 5) is 0. The summed E-state index contributed by atoms with van der Waals surface area (Å²) in [5.41, 5.74) is 4.01. The molecule has 0 aromatic heterocycles. The molecule has 0 unspecified atom stereocenters. The van der Waals surface area contributed by atoms with Crippen LogP contribution in [0.4, 0.5) is 0 Å². The number of rotatable bonds is 3. The van der Waals surface area contributed by atoms with Gasteiger partial charge in [-0.15, -0.1) is 0 Å². The minimum absolute atomic E-state index is 0.592. The van der Waals surface area contributed by atoms with Gasteiger partial charge in [0.15, 0.2) is 0 Å². The summed E-state index contributed by atoms with van der Waals surface area (Å²) in [5, 5.41) is 0. The molecule has 0 fully saturated rings. The summed E-state index contributed by atoms with van der Waals surface area (Å²) in [7, 11) is 0. The average molecular weight is 138 g/mol. The number of allylic oxidation sites excluding steroid dienone is 2. The Morgan fingerprint density at radius 1 is 1.10 bits per heavy atom. The van der Waals surface area contributed by atoms with Crippen LogP contribution in [-0.2, 0) is 0 Å². The van der Waals surface area contributed by atoms with Crippen molar-refractivity contribution in [3.05, 3.63) is 11.1 Å². The maximum absolute atomic E-state index is 2.30. The minimum atomic E-state index is 0.592. The Hall–Kier alpha value is -0.260. The average Bonchev–Trinajstić information content (AvgIpc) is 2.56. The molecule has 1 aliphatic carbocycles. The van der Waals surface area contributed by atoms with Gasteiger partial charge >= 0.3 is 0 Å². The van der Waals surface area contributed by atoms with Crippen molar-refractivity contribution in [2.45, 2.75) is 47.0 Å². The Balaban J connectivity index is 2.63. The molecule has 0 aliphatic heterocycles. The van der Waals surface area contributed by atoms with Crippen molar-refractivity contribution in [3.63, 3.8) is 0 Å². The van der Waals surface area contributed by atoms with Crippen LogP contribution in [0.1, 0.15) is 47.0 Å². The Kier molecular flexibility index (Phi) is 1.89. The predicted octanol–water partition coefficient (Wildman–Crippen LogP) is 3.53. The molecule has 0 heterocycles. The Labute approximate surface area is 64.3 Å². The summed E-state index contributed by atoms with van der Waals surface area (Å²) < 4.78 is 0. The van der Waals surface area contributed by atoms with E-state index in [0.717, 1.165) is 0 Å². The highest BCUT2D eigenvalue weighted by molar-refractivity contribution is 5.47. The van der Waals surface area contributed by atoms with E-state index in [1.165, 1.54) is 19.3 Å². The van der Waals surface area contributed by atoms with Gasteiger partial charge in [-0.25, -0.2) is 0 Å². The van der Waals surface area contributed by atoms with E-state index in [-0.39, 0.29) is 0 Å². The van der Waals surface area contributed by atoms with Crippen molar-refractivity contribution in [2.75, 3.05) is 0 Å². The maximum atomic E-state index is 2.30. The zero-order valence-corrected chi connectivity index (χ0v) is 7.62. The fourth-order valence-electron chi connectivity index (χ4n) is 2.40. The molecule has 0 N–H and O–H groups in total. The van der Waals surface area contributed by atoms with Gasteiger partial charge in [0.2, 0.25) is 0 Å². The fraction of sp³-hybridized carbons (Fsp3) is 0.800. The third kappa shape index (κ3) is 0.744. The second kappa shape index (κ2) is 2.41. The van der Waals surface area contributed by atoms with Crippen LogP contribution in [-0.4, -0.2) is 0 Å². The topological polar surface area (TPSA) is 0 Å². The molecule has 0 saturated carbocycles. The monoisotopic (exact) mass is 138 g/mol. The standard InChI is InChI=1S/C10H18/c1-5-9-8(4)10(9,6-2)7-3/h5-7H2,1-4H3. The quantitative estimate of drug-likeness (QED) is 0.523. The summed E-state index contributed by atoms with van der Waals surface area (Å²) in [6.45, 7) is 9.17. The van der Waals surface area contributed by atoms with E-state index in [9.17, 15) is 0 Å². The van der Waals surface area contributed by atoms with Crippen molar-refractivity contribution in [1.29, 1.82) is 0 Å². The molecular weight excluding hydrogens is 120 g/mol. The van der Waals surface area contributed by atoms with Crippen LogP contribution < -0.4 is 0 Å². The molecule has 0 amide bonds. The first-order valence-electron chi connectivity index (χ1n) is 4.43. The Bertz CT molecular complexity index is 159. The SMILES string of the molecule is CCC1=C(C)C1(CC)CC. The highest BCUT2D eigenvalue weighted by atomic mass is 14.5. The second-order valence-corrected chi connectivity index (χ2v) is 3.25. The summed E-state index contributed by atoms with van der Waals surface area (Å²) in [5.74, 6) is 0. The van der Waals surface area contributed by atoms with Crippen molar-refractivity contribution in [3.8, 4) is 0 Å². The van der Waals surface area contributed by atoms with Crippen molar-refractivity contribution in [2.24, 2.45) is 5.41 Å². The highest BCUT2D eigenvalue weighted by Crippen LogP contribution is 2.58. The molecule has 0 aromatic rings. The van der Waals surface area contributed by atoms with Crippen LogP contribution >= 0.6 is 0 Å². The van der Waals surface area contributed by atoms with Crippen LogP contribution in [0.15, 0.2) is 11.1 Å². The third-order valence-corrected chi connectivity index (χ3v) is 3.25. The molecule has 1 aliphatic rings. The Morgan fingerprint density at radius 3 is 1.70 bits per heavy atom. The van der Waals surface area contributed by atoms with Gasteiger partial charge in [0.05, 0.1) is 0 Å². The van der Waals surface area contributed by atoms with E-state index in [1.807, 2.05) is 0 Å². The highest BCUT2D eigenvalue weighted by Gasteiger charge is 2.45. The van der Waals surface area contributed by atoms with Gasteiger partial charge < -0.3 is 0 Å². The van der Waals surface area contributed by atoms with E-state index in [0.29, 0.717) is 5.41 Å². The second-order valence-electron chi connectivity index (χ2n) is 3.25. The molecule has 0 spiro atoms. The third-order valence-electron chi connectivity index (χ3n) is 3.25. The van der Waals surface area contributed by atoms with Crippen LogP contribution in [0.2, 0.25) is 0 Å². The van der Waals surface area contributed by atoms with E-state index >= 15 is 0 Å². The van der Waals surface area contributed by atoms with E-state index in [2.05, 4.69) is 27.7 Å². The van der Waals surface area contributed by atoms with E-state index in [1.54, 1.807) is 11.1 Å². The van der Waals surface area contributed by atoms with Crippen molar-refractivity contribution >= 4 is 0 Å². The molecule has 0 nitrogen and oxygen atoms in total. The van der Waals surface area contributed by atoms with E-state index in [4.69, 9.17) is 0 Å². The van der Waals surface area contributed by atoms with Gasteiger partial charge in [-0.1, -0.05) is 31.9 Å². The lowest BCUT2D eigenvalue weighted by Crippen LogP contribution is -2.02. The smallest absolute Gasteiger partial charge is 0.0118 e. The van der Waals surface area contributed by atoms with Gasteiger partial charge in [-0.2, -0.15) is 0 Å². The Morgan fingerprint density at radius 2 is 1.60 bits per heavy atom. The zero-order valence-electron chi connectivity index (χ0n) is 7.62. The molecule has 0 heteroatoms. The molecule has 0 atom stereocenters. The lowest BCUT2D eigenvalue weighted by molar-refractivity contribution is 0.486. The summed E-state index contributed by atoms with van der Waals surface area (Å²) in [6.07, 6.45) is 3.91. The van der Waals surface area contributed by atoms with Crippen molar-refractivity contribution in [1.82, 2.24) is 0 Å². The zero-order chi connectivity index (χ0) is 7.78. The molecule has 0 saturated heterocycles. The summed E-state index contributed by atoms with van der Waals surface area (Å²) >= 11 is 0. The largest absolute Gasteiger partial charge is 0.0642 e. The van der Waals surface area contributed by atoms with Gasteiger partial charge in [-0.05, 0) is 26.2 Å². The first kappa shape index (κ1) is 7.84. The lowest BCUT2D eigenvalue weighted by Gasteiger charge is -2.13. The fourth-order valence-corrected chi connectivity index (χ4v) is 2.40. The van der Waals surface area contributed by atoms with E-state index < -0.39 is 0 Å². The molecule has 0 radical (unpaired) electrons. The molecule has 1 rings (SSSR count). The van der Waals surface area contributed by atoms with Gasteiger partial charge in [-0.3, -0.25) is 0 Å². The molecule has 0 aromatic carbocycles. The van der Waals surface area contributed by atoms with Gasteiger partial charge in [0.1, 0.15) is 0 Å². The van der Waals surface area contributed by atoms with Crippen molar-refractivity contribution < 1.29 is 0 Å². The number of hydrogen-bond donors (Lipinski definition) is 0. The normalized spacial score (nSPS) is 21.6. The van der Waals surface area contributed by atoms with Crippen LogP contribution in [0.25, 0.3) is 0 Å². The first-order valence-corrected chi connectivity index (χ1v) is 4.43. The summed E-state index contributed by atoms with van der Waals surface area (Å²) in [6, 6.07) is 0. The first-order chi connectivity index (χ1) is 4.72. The predicted molar refractivity (Wildman–Crippen MR) is 46.0 cm³/mol. The minimum Gasteiger partial charge on any atom is -0.0642 e. The molecule has 10 heavy (non-hydrogen) atoms. The van der Waals surface area contributed by atoms with Gasteiger partial charge in [0, 0.05) is 5.41 Å². The van der Waals surface area contributed by atoms with Crippen LogP contribution in [0, 0.1) is 5.41 Å². The lowest BCUT2D eigenvalue weighted by atomic mass is 9.90. The maximum Gasteiger partial charge on any atom is 0.0118 e. The van der Waals surface area contributed by atoms with Gasteiger partial charge in [0.25, 0.3) is 0 Å². The van der Waals surface area contributed by atoms with Crippen LogP contribution in [0.5, 0.6) is 0 Å². The molecular formula is C10H18. The molecule has 0 bridgehead atoms. The number of hydrogen-bond acceptors (Lipinski definition) is 0.